The van der Waals surface area contributed by atoms with Gasteiger partial charge in [-0.15, -0.1) is 0 Å². The van der Waals surface area contributed by atoms with Crippen LogP contribution in [-0.2, 0) is 6.18 Å². The van der Waals surface area contributed by atoms with Gasteiger partial charge in [0, 0.05) is 17.5 Å². The van der Waals surface area contributed by atoms with Crippen molar-refractivity contribution in [2.24, 2.45) is 5.73 Å². The minimum atomic E-state index is -4.44. The number of benzene rings is 2. The van der Waals surface area contributed by atoms with Crippen LogP contribution in [-0.4, -0.2) is 24.7 Å². The molecule has 1 aromatic heterocycles. The second kappa shape index (κ2) is 9.43. The van der Waals surface area contributed by atoms with Gasteiger partial charge in [0.2, 0.25) is 5.88 Å². The van der Waals surface area contributed by atoms with Gasteiger partial charge in [0.05, 0.1) is 18.4 Å². The molecule has 3 N–H and O–H groups in total. The summed E-state index contributed by atoms with van der Waals surface area (Å²) in [5.74, 6) is 0.962. The van der Waals surface area contributed by atoms with Crippen LogP contribution >= 0.6 is 0 Å². The molecule has 0 saturated carbocycles. The standard InChI is InChI=1S/C23H26F3N3O2/c1-14-12-20(30-3)29-22-18(28-15(2)6-5-11-27)9-10-19(21(14)22)31-17-8-4-7-16(13-17)23(24,25)26/h4,7-10,12-13,15,28H,5-6,11,27H2,1-3H3. The van der Waals surface area contributed by atoms with Gasteiger partial charge in [-0.05, 0) is 69.1 Å². The number of alkyl halides is 3. The minimum absolute atomic E-state index is 0.100. The van der Waals surface area contributed by atoms with Crippen molar-refractivity contribution < 1.29 is 22.6 Å². The Kier molecular flexibility index (Phi) is 6.90. The quantitative estimate of drug-likeness (QED) is 0.463. The lowest BCUT2D eigenvalue weighted by Gasteiger charge is -2.19. The van der Waals surface area contributed by atoms with Crippen LogP contribution in [0.2, 0.25) is 0 Å². The summed E-state index contributed by atoms with van der Waals surface area (Å²) in [7, 11) is 1.54. The predicted molar refractivity (Wildman–Crippen MR) is 116 cm³/mol. The molecule has 2 aromatic carbocycles. The summed E-state index contributed by atoms with van der Waals surface area (Å²) in [5, 5.41) is 4.14. The minimum Gasteiger partial charge on any atom is -0.481 e. The van der Waals surface area contributed by atoms with E-state index in [9.17, 15) is 13.2 Å². The number of nitrogens with zero attached hydrogens (tertiary/aromatic N) is 1. The van der Waals surface area contributed by atoms with Crippen LogP contribution in [0.4, 0.5) is 18.9 Å². The van der Waals surface area contributed by atoms with Gasteiger partial charge in [0.25, 0.3) is 0 Å². The van der Waals surface area contributed by atoms with Crippen LogP contribution < -0.4 is 20.5 Å². The maximum absolute atomic E-state index is 13.1. The molecule has 5 nitrogen and oxygen atoms in total. The van der Waals surface area contributed by atoms with Crippen LogP contribution in [0.1, 0.15) is 30.9 Å². The second-order valence-electron chi connectivity index (χ2n) is 7.42. The van der Waals surface area contributed by atoms with Gasteiger partial charge in [-0.1, -0.05) is 6.07 Å². The highest BCUT2D eigenvalue weighted by molar-refractivity contribution is 5.97. The van der Waals surface area contributed by atoms with Crippen LogP contribution in [0, 0.1) is 6.92 Å². The van der Waals surface area contributed by atoms with Gasteiger partial charge in [0.15, 0.2) is 0 Å². The van der Waals surface area contributed by atoms with Crippen molar-refractivity contribution in [1.82, 2.24) is 4.98 Å². The fourth-order valence-electron chi connectivity index (χ4n) is 3.40. The molecule has 3 rings (SSSR count). The number of nitrogens with two attached hydrogens (primary N) is 1. The van der Waals surface area contributed by atoms with Gasteiger partial charge >= 0.3 is 6.18 Å². The Morgan fingerprint density at radius 1 is 1.16 bits per heavy atom. The van der Waals surface area contributed by atoms with Gasteiger partial charge in [-0.3, -0.25) is 0 Å². The van der Waals surface area contributed by atoms with Crippen molar-refractivity contribution >= 4 is 16.6 Å². The Morgan fingerprint density at radius 3 is 2.61 bits per heavy atom. The first-order valence-corrected chi connectivity index (χ1v) is 10.0. The second-order valence-corrected chi connectivity index (χ2v) is 7.42. The number of anilines is 1. The van der Waals surface area contributed by atoms with Gasteiger partial charge < -0.3 is 20.5 Å². The summed E-state index contributed by atoms with van der Waals surface area (Å²) >= 11 is 0. The van der Waals surface area contributed by atoms with E-state index < -0.39 is 11.7 Å². The maximum atomic E-state index is 13.1. The fraction of sp³-hybridized carbons (Fsp3) is 0.348. The third kappa shape index (κ3) is 5.38. The molecule has 0 aliphatic carbocycles. The SMILES string of the molecule is COc1cc(C)c2c(Oc3cccc(C(F)(F)F)c3)ccc(NC(C)CCCN)c2n1. The fourth-order valence-corrected chi connectivity index (χ4v) is 3.40. The van der Waals surface area contributed by atoms with Crippen LogP contribution in [0.25, 0.3) is 10.9 Å². The number of aryl methyl sites for hydroxylation is 1. The highest BCUT2D eigenvalue weighted by Crippen LogP contribution is 2.38. The topological polar surface area (TPSA) is 69.4 Å². The highest BCUT2D eigenvalue weighted by Gasteiger charge is 2.30. The molecule has 0 spiro atoms. The molecule has 0 fully saturated rings. The van der Waals surface area contributed by atoms with E-state index in [1.807, 2.05) is 13.0 Å². The zero-order valence-corrected chi connectivity index (χ0v) is 17.7. The summed E-state index contributed by atoms with van der Waals surface area (Å²) in [6.45, 7) is 4.55. The van der Waals surface area contributed by atoms with E-state index in [2.05, 4.69) is 17.2 Å². The van der Waals surface area contributed by atoms with E-state index in [1.54, 1.807) is 12.1 Å². The highest BCUT2D eigenvalue weighted by atomic mass is 19.4. The van der Waals surface area contributed by atoms with E-state index in [1.165, 1.54) is 19.2 Å². The van der Waals surface area contributed by atoms with Gasteiger partial charge in [-0.25, -0.2) is 4.98 Å². The number of nitrogens with one attached hydrogen (secondary N) is 1. The van der Waals surface area contributed by atoms with Crippen molar-refractivity contribution in [3.05, 3.63) is 53.6 Å². The Hall–Kier alpha value is -3.00. The molecule has 0 saturated heterocycles. The number of methoxy groups -OCH3 is 1. The first-order chi connectivity index (χ1) is 14.7. The smallest absolute Gasteiger partial charge is 0.416 e. The lowest BCUT2D eigenvalue weighted by atomic mass is 10.1. The third-order valence-corrected chi connectivity index (χ3v) is 4.94. The number of fused-ring (bicyclic) bond motifs is 1. The largest absolute Gasteiger partial charge is 0.481 e. The van der Waals surface area contributed by atoms with E-state index in [0.717, 1.165) is 36.2 Å². The molecule has 0 bridgehead atoms. The van der Waals surface area contributed by atoms with Gasteiger partial charge in [-0.2, -0.15) is 13.2 Å². The molecule has 1 atom stereocenters. The zero-order valence-electron chi connectivity index (χ0n) is 17.7. The van der Waals surface area contributed by atoms with Crippen molar-refractivity contribution in [3.8, 4) is 17.4 Å². The third-order valence-electron chi connectivity index (χ3n) is 4.94. The monoisotopic (exact) mass is 433 g/mol. The number of ether oxygens (including phenoxy) is 2. The maximum Gasteiger partial charge on any atom is 0.416 e. The normalized spacial score (nSPS) is 12.6. The number of halogens is 3. The number of hydrogen-bond acceptors (Lipinski definition) is 5. The molecule has 0 amide bonds. The Bertz CT molecular complexity index is 1050. The molecule has 0 radical (unpaired) electrons. The van der Waals surface area contributed by atoms with E-state index in [-0.39, 0.29) is 11.8 Å². The van der Waals surface area contributed by atoms with Crippen LogP contribution in [0.15, 0.2) is 42.5 Å². The molecule has 0 aliphatic heterocycles. The molecule has 0 aliphatic rings. The molecule has 1 heterocycles. The van der Waals surface area contributed by atoms with Crippen molar-refractivity contribution in [3.63, 3.8) is 0 Å². The van der Waals surface area contributed by atoms with E-state index in [0.29, 0.717) is 29.1 Å². The average molecular weight is 433 g/mol. The molecule has 166 valence electrons. The van der Waals surface area contributed by atoms with Crippen LogP contribution in [0.3, 0.4) is 0 Å². The predicted octanol–water partition coefficient (Wildman–Crippen LogP) is 5.90. The molecule has 31 heavy (non-hydrogen) atoms. The summed E-state index contributed by atoms with van der Waals surface area (Å²) in [5.41, 5.74) is 7.09. The molecule has 1 unspecified atom stereocenters. The van der Waals surface area contributed by atoms with E-state index in [4.69, 9.17) is 15.2 Å². The van der Waals surface area contributed by atoms with Crippen molar-refractivity contribution in [1.29, 1.82) is 0 Å². The average Bonchev–Trinajstić information content (AvgIpc) is 2.73. The van der Waals surface area contributed by atoms with Crippen molar-refractivity contribution in [2.75, 3.05) is 19.0 Å². The molecule has 3 aromatic rings. The summed E-state index contributed by atoms with van der Waals surface area (Å²) in [6.07, 6.45) is -2.66. The summed E-state index contributed by atoms with van der Waals surface area (Å²) in [6, 6.07) is 10.3. The zero-order chi connectivity index (χ0) is 22.6. The Balaban J connectivity index is 2.04. The van der Waals surface area contributed by atoms with Crippen LogP contribution in [0.5, 0.6) is 17.4 Å². The van der Waals surface area contributed by atoms with Gasteiger partial charge in [0.1, 0.15) is 17.0 Å². The Labute approximate surface area is 179 Å². The molecule has 8 heteroatoms. The van der Waals surface area contributed by atoms with Crippen molar-refractivity contribution in [2.45, 2.75) is 38.9 Å². The number of rotatable bonds is 8. The first-order valence-electron chi connectivity index (χ1n) is 10.0. The first kappa shape index (κ1) is 22.7. The van der Waals surface area contributed by atoms with E-state index >= 15 is 0 Å². The Morgan fingerprint density at radius 2 is 1.94 bits per heavy atom. The molecular formula is C23H26F3N3O2. The summed E-state index contributed by atoms with van der Waals surface area (Å²) < 4.78 is 50.4. The summed E-state index contributed by atoms with van der Waals surface area (Å²) in [4.78, 5) is 4.58. The number of aromatic nitrogens is 1. The molecular weight excluding hydrogens is 407 g/mol. The lowest BCUT2D eigenvalue weighted by Crippen LogP contribution is -2.17. The lowest BCUT2D eigenvalue weighted by molar-refractivity contribution is -0.137. The number of hydrogen-bond donors (Lipinski definition) is 2. The number of pyridine rings is 1.